The van der Waals surface area contributed by atoms with Crippen molar-refractivity contribution < 1.29 is 18.0 Å². The Balaban J connectivity index is 0.000000220. The molecule has 2 N–H and O–H groups in total. The lowest BCUT2D eigenvalue weighted by Crippen LogP contribution is -2.27. The molecule has 3 aromatic rings. The molecule has 0 aromatic heterocycles. The Morgan fingerprint density at radius 3 is 2.11 bits per heavy atom. The average Bonchev–Trinajstić information content (AvgIpc) is 2.92. The van der Waals surface area contributed by atoms with Gasteiger partial charge in [0.25, 0.3) is 0 Å². The molecule has 0 atom stereocenters. The summed E-state index contributed by atoms with van der Waals surface area (Å²) in [5.74, 6) is 0.750. The minimum Gasteiger partial charge on any atom is -0.388 e. The summed E-state index contributed by atoms with van der Waals surface area (Å²) in [7, 11) is 1.98. The molecule has 198 valence electrons. The number of piperidine rings is 1. The number of anilines is 1. The van der Waals surface area contributed by atoms with E-state index in [0.29, 0.717) is 6.42 Å². The normalized spacial score (nSPS) is 14.0. The highest BCUT2D eigenvalue weighted by atomic mass is 19.4. The molecular formula is C31H37F3N2O. The van der Waals surface area contributed by atoms with Crippen molar-refractivity contribution >= 4 is 12.0 Å². The third kappa shape index (κ3) is 8.74. The molecular weight excluding hydrogens is 473 g/mol. The molecule has 0 bridgehead atoms. The number of halogens is 3. The van der Waals surface area contributed by atoms with Crippen LogP contribution in [0.25, 0.3) is 11.1 Å². The Morgan fingerprint density at radius 2 is 1.54 bits per heavy atom. The van der Waals surface area contributed by atoms with Crippen LogP contribution in [0.1, 0.15) is 60.3 Å². The van der Waals surface area contributed by atoms with Crippen LogP contribution in [0.15, 0.2) is 66.7 Å². The van der Waals surface area contributed by atoms with Crippen LogP contribution in [0.2, 0.25) is 0 Å². The van der Waals surface area contributed by atoms with Gasteiger partial charge in [-0.05, 0) is 110 Å². The number of hydrogen-bond donors (Lipinski definition) is 2. The maximum Gasteiger partial charge on any atom is 0.416 e. The number of unbranched alkanes of at least 4 members (excludes halogenated alkanes) is 2. The number of nitrogens with one attached hydrogen (secondary N) is 2. The first-order chi connectivity index (χ1) is 17.8. The molecule has 0 radical (unpaired) electrons. The molecule has 1 fully saturated rings. The Hall–Kier alpha value is -3.12. The number of alkyl halides is 3. The van der Waals surface area contributed by atoms with E-state index in [4.69, 9.17) is 0 Å². The summed E-state index contributed by atoms with van der Waals surface area (Å²) in [6, 6.07) is 19.7. The summed E-state index contributed by atoms with van der Waals surface area (Å²) in [6.07, 6.45) is 2.49. The largest absolute Gasteiger partial charge is 0.416 e. The first-order valence-electron chi connectivity index (χ1n) is 13.0. The topological polar surface area (TPSA) is 41.1 Å². The van der Waals surface area contributed by atoms with E-state index in [-0.39, 0.29) is 0 Å². The van der Waals surface area contributed by atoms with Crippen molar-refractivity contribution in [3.8, 4) is 11.1 Å². The number of aryl methyl sites for hydroxylation is 2. The van der Waals surface area contributed by atoms with Crippen LogP contribution in [-0.2, 0) is 17.4 Å². The number of carbonyl (C=O) groups excluding carboxylic acids is 1. The van der Waals surface area contributed by atoms with Gasteiger partial charge in [0.15, 0.2) is 0 Å². The molecule has 1 heterocycles. The zero-order valence-electron chi connectivity index (χ0n) is 21.7. The van der Waals surface area contributed by atoms with Gasteiger partial charge in [-0.15, -0.1) is 0 Å². The van der Waals surface area contributed by atoms with Gasteiger partial charge in [0.1, 0.15) is 6.29 Å². The van der Waals surface area contributed by atoms with Gasteiger partial charge in [-0.3, -0.25) is 0 Å². The van der Waals surface area contributed by atoms with Crippen molar-refractivity contribution in [3.63, 3.8) is 0 Å². The van der Waals surface area contributed by atoms with Crippen molar-refractivity contribution in [2.24, 2.45) is 0 Å². The van der Waals surface area contributed by atoms with Gasteiger partial charge in [-0.25, -0.2) is 0 Å². The van der Waals surface area contributed by atoms with E-state index >= 15 is 0 Å². The first-order valence-corrected chi connectivity index (χ1v) is 13.0. The van der Waals surface area contributed by atoms with Gasteiger partial charge in [0, 0.05) is 19.2 Å². The van der Waals surface area contributed by atoms with E-state index in [1.165, 1.54) is 47.4 Å². The van der Waals surface area contributed by atoms with Crippen LogP contribution >= 0.6 is 0 Å². The van der Waals surface area contributed by atoms with E-state index in [1.807, 2.05) is 31.3 Å². The minimum absolute atomic E-state index is 0.587. The van der Waals surface area contributed by atoms with Gasteiger partial charge in [-0.1, -0.05) is 42.5 Å². The molecule has 0 spiro atoms. The smallest absolute Gasteiger partial charge is 0.388 e. The summed E-state index contributed by atoms with van der Waals surface area (Å²) in [6.45, 7) is 4.54. The minimum atomic E-state index is -4.30. The third-order valence-electron chi connectivity index (χ3n) is 6.88. The predicted octanol–water partition coefficient (Wildman–Crippen LogP) is 7.79. The van der Waals surface area contributed by atoms with Crippen LogP contribution in [0.5, 0.6) is 0 Å². The highest BCUT2D eigenvalue weighted by molar-refractivity contribution is 5.64. The average molecular weight is 511 g/mol. The van der Waals surface area contributed by atoms with Crippen molar-refractivity contribution in [1.29, 1.82) is 0 Å². The fourth-order valence-corrected chi connectivity index (χ4v) is 4.64. The standard InChI is InChI=1S/C18H17F3O.C13H20N2/c19-18(20,21)17-11-9-16(10-12-17)15-7-5-14(6-8-15)4-2-1-3-13-22;1-10-3-4-12(14-2)9-13(10)11-5-7-15-8-6-11/h5-13H,1-4H2;3-4,9,11,14-15H,5-8H2,1-2H3. The molecule has 1 saturated heterocycles. The molecule has 0 aliphatic carbocycles. The van der Waals surface area contributed by atoms with Crippen LogP contribution in [0.3, 0.4) is 0 Å². The number of rotatable bonds is 8. The Morgan fingerprint density at radius 1 is 0.919 bits per heavy atom. The van der Waals surface area contributed by atoms with Gasteiger partial charge in [0.2, 0.25) is 0 Å². The predicted molar refractivity (Wildman–Crippen MR) is 146 cm³/mol. The molecule has 6 heteroatoms. The highest BCUT2D eigenvalue weighted by Gasteiger charge is 2.29. The summed E-state index contributed by atoms with van der Waals surface area (Å²) in [5, 5.41) is 6.63. The van der Waals surface area contributed by atoms with E-state index in [1.54, 1.807) is 0 Å². The van der Waals surface area contributed by atoms with Crippen molar-refractivity contribution in [2.75, 3.05) is 25.5 Å². The fraction of sp³-hybridized carbons (Fsp3) is 0.387. The number of aldehydes is 1. The van der Waals surface area contributed by atoms with Crippen molar-refractivity contribution in [3.05, 3.63) is 89.0 Å². The zero-order valence-corrected chi connectivity index (χ0v) is 21.7. The highest BCUT2D eigenvalue weighted by Crippen LogP contribution is 2.31. The lowest BCUT2D eigenvalue weighted by Gasteiger charge is -2.25. The van der Waals surface area contributed by atoms with E-state index in [9.17, 15) is 18.0 Å². The fourth-order valence-electron chi connectivity index (χ4n) is 4.64. The van der Waals surface area contributed by atoms with Crippen molar-refractivity contribution in [2.45, 2.75) is 57.5 Å². The van der Waals surface area contributed by atoms with Crippen LogP contribution in [-0.4, -0.2) is 26.4 Å². The second kappa shape index (κ2) is 14.0. The maximum atomic E-state index is 12.5. The quantitative estimate of drug-likeness (QED) is 0.240. The molecule has 1 aliphatic heterocycles. The SMILES string of the molecule is CNc1ccc(C)c(C2CCNCC2)c1.O=CCCCCc1ccc(-c2ccc(C(F)(F)F)cc2)cc1. The summed E-state index contributed by atoms with van der Waals surface area (Å²) in [4.78, 5) is 10.2. The van der Waals surface area contributed by atoms with Crippen LogP contribution < -0.4 is 10.6 Å². The monoisotopic (exact) mass is 510 g/mol. The molecule has 0 amide bonds. The third-order valence-corrected chi connectivity index (χ3v) is 6.88. The van der Waals surface area contributed by atoms with Gasteiger partial charge < -0.3 is 15.4 Å². The number of carbonyl (C=O) groups is 1. The van der Waals surface area contributed by atoms with E-state index in [0.717, 1.165) is 67.8 Å². The summed E-state index contributed by atoms with van der Waals surface area (Å²) < 4.78 is 37.6. The lowest BCUT2D eigenvalue weighted by atomic mass is 9.87. The molecule has 0 unspecified atom stereocenters. The first kappa shape index (κ1) is 28.5. The second-order valence-electron chi connectivity index (χ2n) is 9.53. The molecule has 3 aromatic carbocycles. The van der Waals surface area contributed by atoms with Crippen molar-refractivity contribution in [1.82, 2.24) is 5.32 Å². The van der Waals surface area contributed by atoms with E-state index < -0.39 is 11.7 Å². The van der Waals surface area contributed by atoms with E-state index in [2.05, 4.69) is 35.8 Å². The Kier molecular flexibility index (Phi) is 10.8. The second-order valence-corrected chi connectivity index (χ2v) is 9.53. The van der Waals surface area contributed by atoms with Gasteiger partial charge >= 0.3 is 6.18 Å². The summed E-state index contributed by atoms with van der Waals surface area (Å²) in [5.41, 5.74) is 6.38. The molecule has 1 aliphatic rings. The molecule has 37 heavy (non-hydrogen) atoms. The maximum absolute atomic E-state index is 12.5. The number of benzene rings is 3. The number of hydrogen-bond acceptors (Lipinski definition) is 3. The Bertz CT molecular complexity index is 1100. The van der Waals surface area contributed by atoms with Crippen LogP contribution in [0, 0.1) is 6.92 Å². The van der Waals surface area contributed by atoms with Gasteiger partial charge in [-0.2, -0.15) is 13.2 Å². The Labute approximate surface area is 218 Å². The summed E-state index contributed by atoms with van der Waals surface area (Å²) >= 11 is 0. The van der Waals surface area contributed by atoms with Crippen LogP contribution in [0.4, 0.5) is 18.9 Å². The molecule has 3 nitrogen and oxygen atoms in total. The zero-order chi connectivity index (χ0) is 26.7. The van der Waals surface area contributed by atoms with Gasteiger partial charge in [0.05, 0.1) is 5.56 Å². The lowest BCUT2D eigenvalue weighted by molar-refractivity contribution is -0.137. The molecule has 4 rings (SSSR count). The molecule has 0 saturated carbocycles.